The molecule has 176 valence electrons. The lowest BCUT2D eigenvalue weighted by Crippen LogP contribution is -2.47. The van der Waals surface area contributed by atoms with E-state index in [-0.39, 0.29) is 0 Å². The number of benzene rings is 1. The SMILES string of the molecule is CCCN1CCN(c2cc(NCCCOC)ccc2C2CC(C)(C)CC(C)(C)C2)CC1. The third-order valence-electron chi connectivity index (χ3n) is 7.13. The lowest BCUT2D eigenvalue weighted by Gasteiger charge is -2.46. The minimum atomic E-state index is 0.403. The normalized spacial score (nSPS) is 21.9. The van der Waals surface area contributed by atoms with Gasteiger partial charge in [-0.1, -0.05) is 40.7 Å². The van der Waals surface area contributed by atoms with Crippen LogP contribution in [-0.4, -0.2) is 57.9 Å². The summed E-state index contributed by atoms with van der Waals surface area (Å²) in [6.07, 6.45) is 6.19. The standard InChI is InChI=1S/C27H47N3O/c1-7-12-29-13-15-30(16-14-29)25-18-23(28-11-8-17-31-6)9-10-24(25)22-19-26(2,3)21-27(4,5)20-22/h9-10,18,22,28H,7-8,11-17,19-21H2,1-6H3. The van der Waals surface area contributed by atoms with Crippen LogP contribution in [-0.2, 0) is 4.74 Å². The van der Waals surface area contributed by atoms with Gasteiger partial charge in [0.25, 0.3) is 0 Å². The number of methoxy groups -OCH3 is 1. The zero-order valence-electron chi connectivity index (χ0n) is 21.1. The molecule has 0 bridgehead atoms. The number of anilines is 2. The number of piperazine rings is 1. The van der Waals surface area contributed by atoms with Crippen molar-refractivity contribution < 1.29 is 4.74 Å². The topological polar surface area (TPSA) is 27.7 Å². The molecule has 1 saturated carbocycles. The Hall–Kier alpha value is -1.26. The summed E-state index contributed by atoms with van der Waals surface area (Å²) in [6, 6.07) is 7.19. The van der Waals surface area contributed by atoms with E-state index in [9.17, 15) is 0 Å². The van der Waals surface area contributed by atoms with Crippen LogP contribution in [0.25, 0.3) is 0 Å². The molecule has 1 aliphatic heterocycles. The second-order valence-corrected chi connectivity index (χ2v) is 11.5. The summed E-state index contributed by atoms with van der Waals surface area (Å²) in [5.41, 5.74) is 5.11. The fourth-order valence-electron chi connectivity index (χ4n) is 6.32. The van der Waals surface area contributed by atoms with Crippen LogP contribution in [0.5, 0.6) is 0 Å². The van der Waals surface area contributed by atoms with Gasteiger partial charge < -0.3 is 15.0 Å². The number of hydrogen-bond acceptors (Lipinski definition) is 4. The minimum Gasteiger partial charge on any atom is -0.385 e. The van der Waals surface area contributed by atoms with Crippen molar-refractivity contribution in [2.24, 2.45) is 10.8 Å². The molecule has 1 N–H and O–H groups in total. The molecule has 1 aromatic carbocycles. The molecule has 0 unspecified atom stereocenters. The van der Waals surface area contributed by atoms with Crippen molar-refractivity contribution in [3.63, 3.8) is 0 Å². The fourth-order valence-corrected chi connectivity index (χ4v) is 6.32. The Morgan fingerprint density at radius 2 is 1.71 bits per heavy atom. The maximum atomic E-state index is 5.21. The highest BCUT2D eigenvalue weighted by molar-refractivity contribution is 5.64. The average molecular weight is 430 g/mol. The van der Waals surface area contributed by atoms with Crippen LogP contribution >= 0.6 is 0 Å². The Labute approximate surface area is 191 Å². The third-order valence-corrected chi connectivity index (χ3v) is 7.13. The zero-order valence-corrected chi connectivity index (χ0v) is 21.1. The molecule has 1 saturated heterocycles. The molecule has 0 spiro atoms. The van der Waals surface area contributed by atoms with Gasteiger partial charge >= 0.3 is 0 Å². The van der Waals surface area contributed by atoms with Crippen molar-refractivity contribution in [2.75, 3.05) is 63.2 Å². The molecule has 0 aromatic heterocycles. The highest BCUT2D eigenvalue weighted by atomic mass is 16.5. The van der Waals surface area contributed by atoms with Gasteiger partial charge in [-0.3, -0.25) is 4.90 Å². The predicted octanol–water partition coefficient (Wildman–Crippen LogP) is 5.99. The lowest BCUT2D eigenvalue weighted by molar-refractivity contribution is 0.0970. The molecular weight excluding hydrogens is 382 g/mol. The van der Waals surface area contributed by atoms with E-state index in [0.29, 0.717) is 16.7 Å². The van der Waals surface area contributed by atoms with Gasteiger partial charge in [0.05, 0.1) is 0 Å². The van der Waals surface area contributed by atoms with Gasteiger partial charge in [-0.25, -0.2) is 0 Å². The predicted molar refractivity (Wildman–Crippen MR) is 135 cm³/mol. The molecule has 1 heterocycles. The van der Waals surface area contributed by atoms with E-state index < -0.39 is 0 Å². The molecule has 31 heavy (non-hydrogen) atoms. The van der Waals surface area contributed by atoms with E-state index in [4.69, 9.17) is 4.74 Å². The van der Waals surface area contributed by atoms with Crippen molar-refractivity contribution in [1.29, 1.82) is 0 Å². The van der Waals surface area contributed by atoms with Crippen LogP contribution in [0.1, 0.15) is 78.2 Å². The van der Waals surface area contributed by atoms with Gasteiger partial charge in [-0.2, -0.15) is 0 Å². The smallest absolute Gasteiger partial charge is 0.0479 e. The highest BCUT2D eigenvalue weighted by Gasteiger charge is 2.40. The van der Waals surface area contributed by atoms with Gasteiger partial charge in [-0.05, 0) is 73.1 Å². The van der Waals surface area contributed by atoms with Gasteiger partial charge in [0.1, 0.15) is 0 Å². The average Bonchev–Trinajstić information content (AvgIpc) is 2.70. The first-order chi connectivity index (χ1) is 14.7. The molecule has 4 heteroatoms. The second kappa shape index (κ2) is 10.6. The summed E-state index contributed by atoms with van der Waals surface area (Å²) in [6.45, 7) is 19.8. The Balaban J connectivity index is 1.83. The summed E-state index contributed by atoms with van der Waals surface area (Å²) < 4.78 is 5.21. The number of nitrogens with zero attached hydrogens (tertiary/aromatic N) is 2. The van der Waals surface area contributed by atoms with E-state index >= 15 is 0 Å². The summed E-state index contributed by atoms with van der Waals surface area (Å²) >= 11 is 0. The largest absolute Gasteiger partial charge is 0.385 e. The molecule has 1 aliphatic carbocycles. The Kier molecular flexibility index (Phi) is 8.31. The van der Waals surface area contributed by atoms with Crippen LogP contribution in [0, 0.1) is 10.8 Å². The van der Waals surface area contributed by atoms with Crippen molar-refractivity contribution in [3.05, 3.63) is 23.8 Å². The Morgan fingerprint density at radius 1 is 1.03 bits per heavy atom. The van der Waals surface area contributed by atoms with Crippen LogP contribution in [0.4, 0.5) is 11.4 Å². The van der Waals surface area contributed by atoms with Crippen molar-refractivity contribution in [2.45, 2.75) is 72.6 Å². The number of rotatable bonds is 9. The molecule has 2 aliphatic rings. The molecule has 2 fully saturated rings. The minimum absolute atomic E-state index is 0.403. The first kappa shape index (κ1) is 24.4. The monoisotopic (exact) mass is 429 g/mol. The Morgan fingerprint density at radius 3 is 2.32 bits per heavy atom. The maximum Gasteiger partial charge on any atom is 0.0479 e. The summed E-state index contributed by atoms with van der Waals surface area (Å²) in [7, 11) is 1.78. The summed E-state index contributed by atoms with van der Waals surface area (Å²) in [5, 5.41) is 3.63. The van der Waals surface area contributed by atoms with E-state index in [2.05, 4.69) is 67.9 Å². The first-order valence-corrected chi connectivity index (χ1v) is 12.6. The third kappa shape index (κ3) is 6.86. The maximum absolute atomic E-state index is 5.21. The molecular formula is C27H47N3O. The lowest BCUT2D eigenvalue weighted by atomic mass is 9.60. The summed E-state index contributed by atoms with van der Waals surface area (Å²) in [5.74, 6) is 0.643. The molecule has 0 radical (unpaired) electrons. The molecule has 3 rings (SSSR count). The van der Waals surface area contributed by atoms with Crippen molar-refractivity contribution in [1.82, 2.24) is 4.90 Å². The molecule has 0 atom stereocenters. The zero-order chi connectivity index (χ0) is 22.5. The molecule has 1 aromatic rings. The van der Waals surface area contributed by atoms with E-state index in [1.807, 2.05) is 0 Å². The number of ether oxygens (including phenoxy) is 1. The van der Waals surface area contributed by atoms with Crippen molar-refractivity contribution >= 4 is 11.4 Å². The van der Waals surface area contributed by atoms with Gasteiger partial charge in [-0.15, -0.1) is 0 Å². The highest BCUT2D eigenvalue weighted by Crippen LogP contribution is 2.53. The van der Waals surface area contributed by atoms with E-state index in [0.717, 1.165) is 32.7 Å². The Bertz CT molecular complexity index is 676. The van der Waals surface area contributed by atoms with Gasteiger partial charge in [0.2, 0.25) is 0 Å². The molecule has 0 amide bonds. The molecule has 4 nitrogen and oxygen atoms in total. The van der Waals surface area contributed by atoms with Gasteiger partial charge in [0.15, 0.2) is 0 Å². The van der Waals surface area contributed by atoms with Crippen LogP contribution in [0.15, 0.2) is 18.2 Å². The quantitative estimate of drug-likeness (QED) is 0.488. The van der Waals surface area contributed by atoms with E-state index in [1.165, 1.54) is 56.7 Å². The fraction of sp³-hybridized carbons (Fsp3) is 0.778. The van der Waals surface area contributed by atoms with E-state index in [1.54, 1.807) is 12.7 Å². The van der Waals surface area contributed by atoms with Crippen LogP contribution in [0.3, 0.4) is 0 Å². The second-order valence-electron chi connectivity index (χ2n) is 11.5. The van der Waals surface area contributed by atoms with Crippen LogP contribution in [0.2, 0.25) is 0 Å². The van der Waals surface area contributed by atoms with Crippen molar-refractivity contribution in [3.8, 4) is 0 Å². The number of nitrogens with one attached hydrogen (secondary N) is 1. The number of hydrogen-bond donors (Lipinski definition) is 1. The van der Waals surface area contributed by atoms with Gasteiger partial charge in [0, 0.05) is 57.8 Å². The first-order valence-electron chi connectivity index (χ1n) is 12.6. The van der Waals surface area contributed by atoms with Crippen LogP contribution < -0.4 is 10.2 Å². The summed E-state index contributed by atoms with van der Waals surface area (Å²) in [4.78, 5) is 5.28.